The van der Waals surface area contributed by atoms with Gasteiger partial charge in [-0.15, -0.1) is 0 Å². The van der Waals surface area contributed by atoms with E-state index in [1.54, 1.807) is 0 Å². The van der Waals surface area contributed by atoms with Gasteiger partial charge in [0.15, 0.2) is 0 Å². The molecule has 1 aromatic carbocycles. The molecule has 0 fully saturated rings. The van der Waals surface area contributed by atoms with Crippen molar-refractivity contribution in [2.24, 2.45) is 0 Å². The summed E-state index contributed by atoms with van der Waals surface area (Å²) in [6, 6.07) is 2.00. The maximum atomic E-state index is 11.3. The monoisotopic (exact) mass is 304 g/mol. The number of carboxylic acid groups (broad SMARTS) is 1. The third-order valence-corrected chi connectivity index (χ3v) is 3.63. The van der Waals surface area contributed by atoms with Crippen LogP contribution >= 0.6 is 0 Å². The highest BCUT2D eigenvalue weighted by Crippen LogP contribution is 2.35. The first-order chi connectivity index (χ1) is 10.5. The highest BCUT2D eigenvalue weighted by molar-refractivity contribution is 5.74. The summed E-state index contributed by atoms with van der Waals surface area (Å²) in [6.07, 6.45) is 1.65. The molecule has 114 valence electrons. The van der Waals surface area contributed by atoms with E-state index in [9.17, 15) is 25.1 Å². The Morgan fingerprint density at radius 2 is 2.23 bits per heavy atom. The van der Waals surface area contributed by atoms with Gasteiger partial charge < -0.3 is 15.2 Å². The van der Waals surface area contributed by atoms with Crippen LogP contribution < -0.4 is 5.32 Å². The summed E-state index contributed by atoms with van der Waals surface area (Å²) in [6.45, 7) is 0. The number of benzene rings is 1. The summed E-state index contributed by atoms with van der Waals surface area (Å²) >= 11 is 0. The molecule has 0 saturated heterocycles. The molecule has 0 amide bonds. The molecule has 4 N–H and O–H groups in total. The second-order valence-electron chi connectivity index (χ2n) is 4.96. The number of nitro groups is 1. The predicted octanol–water partition coefficient (Wildman–Crippen LogP) is 0.712. The summed E-state index contributed by atoms with van der Waals surface area (Å²) in [7, 11) is 0. The maximum Gasteiger partial charge on any atom is 0.321 e. The topological polar surface area (TPSA) is 141 Å². The number of aromatic amines is 1. The maximum absolute atomic E-state index is 11.3. The van der Waals surface area contributed by atoms with Crippen LogP contribution in [0.4, 0.5) is 5.69 Å². The average molecular weight is 304 g/mol. The molecule has 9 nitrogen and oxygen atoms in total. The van der Waals surface area contributed by atoms with E-state index < -0.39 is 23.0 Å². The van der Waals surface area contributed by atoms with Crippen LogP contribution in [0.15, 0.2) is 24.5 Å². The van der Waals surface area contributed by atoms with Gasteiger partial charge in [-0.2, -0.15) is 0 Å². The molecule has 3 rings (SSSR count). The van der Waals surface area contributed by atoms with Crippen LogP contribution in [0.5, 0.6) is 5.75 Å². The van der Waals surface area contributed by atoms with Gasteiger partial charge in [-0.1, -0.05) is 0 Å². The molecule has 22 heavy (non-hydrogen) atoms. The number of aromatic nitrogens is 2. The number of hydrogen-bond donors (Lipinski definition) is 4. The molecule has 0 bridgehead atoms. The minimum absolute atomic E-state index is 0.164. The molecule has 2 atom stereocenters. The van der Waals surface area contributed by atoms with Crippen molar-refractivity contribution >= 4 is 11.7 Å². The smallest absolute Gasteiger partial charge is 0.321 e. The van der Waals surface area contributed by atoms with Gasteiger partial charge in [0, 0.05) is 29.8 Å². The van der Waals surface area contributed by atoms with Crippen LogP contribution in [-0.2, 0) is 11.2 Å². The number of nitrogens with zero attached hydrogens (tertiary/aromatic N) is 2. The van der Waals surface area contributed by atoms with Crippen molar-refractivity contribution in [3.63, 3.8) is 0 Å². The molecular formula is C13H12N4O5. The summed E-state index contributed by atoms with van der Waals surface area (Å²) in [4.78, 5) is 28.6. The van der Waals surface area contributed by atoms with Gasteiger partial charge in [0.05, 0.1) is 23.0 Å². The second-order valence-corrected chi connectivity index (χ2v) is 4.96. The van der Waals surface area contributed by atoms with Gasteiger partial charge in [-0.3, -0.25) is 20.2 Å². The highest BCUT2D eigenvalue weighted by atomic mass is 16.6. The van der Waals surface area contributed by atoms with Gasteiger partial charge in [-0.25, -0.2) is 4.98 Å². The number of aliphatic carboxylic acids is 1. The Balaban J connectivity index is 2.09. The number of carboxylic acids is 1. The lowest BCUT2D eigenvalue weighted by Crippen LogP contribution is -2.45. The SMILES string of the molecule is O=C(O)C1Cc2[nH]cnc2C(c2cc([N+](=O)[O-])ccc2O)N1. The van der Waals surface area contributed by atoms with Crippen LogP contribution in [0.25, 0.3) is 0 Å². The van der Waals surface area contributed by atoms with E-state index in [-0.39, 0.29) is 23.4 Å². The molecule has 9 heteroatoms. The van der Waals surface area contributed by atoms with Crippen LogP contribution in [0, 0.1) is 10.1 Å². The quantitative estimate of drug-likeness (QED) is 0.483. The largest absolute Gasteiger partial charge is 0.508 e. The molecule has 0 radical (unpaired) electrons. The van der Waals surface area contributed by atoms with E-state index >= 15 is 0 Å². The van der Waals surface area contributed by atoms with Crippen molar-refractivity contribution in [3.8, 4) is 5.75 Å². The molecule has 2 heterocycles. The first-order valence-electron chi connectivity index (χ1n) is 6.45. The Morgan fingerprint density at radius 3 is 2.91 bits per heavy atom. The first kappa shape index (κ1) is 14.0. The number of phenolic OH excluding ortho intramolecular Hbond substituents is 1. The Kier molecular flexibility index (Phi) is 3.26. The number of H-pyrrole nitrogens is 1. The Hall–Kier alpha value is -2.94. The van der Waals surface area contributed by atoms with E-state index in [2.05, 4.69) is 15.3 Å². The first-order valence-corrected chi connectivity index (χ1v) is 6.45. The van der Waals surface area contributed by atoms with Crippen molar-refractivity contribution in [2.75, 3.05) is 0 Å². The van der Waals surface area contributed by atoms with Crippen LogP contribution in [0.2, 0.25) is 0 Å². The average Bonchev–Trinajstić information content (AvgIpc) is 2.94. The lowest BCUT2D eigenvalue weighted by Gasteiger charge is -2.28. The standard InChI is InChI=1S/C13H12N4O5/c18-10-2-1-6(17(21)22)3-7(10)11-12-8(14-5-15-12)4-9(16-11)13(19)20/h1-3,5,9,11,16,18H,4H2,(H,14,15)(H,19,20). The number of nitro benzene ring substituents is 1. The minimum Gasteiger partial charge on any atom is -0.508 e. The van der Waals surface area contributed by atoms with Crippen molar-refractivity contribution < 1.29 is 19.9 Å². The Morgan fingerprint density at radius 1 is 1.45 bits per heavy atom. The number of imidazole rings is 1. The van der Waals surface area contributed by atoms with Gasteiger partial charge in [-0.05, 0) is 6.07 Å². The van der Waals surface area contributed by atoms with Crippen molar-refractivity contribution in [2.45, 2.75) is 18.5 Å². The molecule has 1 aliphatic heterocycles. The molecule has 0 saturated carbocycles. The number of phenols is 1. The fraction of sp³-hybridized carbons (Fsp3) is 0.231. The molecule has 0 spiro atoms. The van der Waals surface area contributed by atoms with Crippen LogP contribution in [0.1, 0.15) is 23.0 Å². The molecular weight excluding hydrogens is 292 g/mol. The molecule has 1 aliphatic rings. The molecule has 2 unspecified atom stereocenters. The van der Waals surface area contributed by atoms with Gasteiger partial charge in [0.25, 0.3) is 5.69 Å². The zero-order valence-electron chi connectivity index (χ0n) is 11.2. The van der Waals surface area contributed by atoms with E-state index in [4.69, 9.17) is 0 Å². The van der Waals surface area contributed by atoms with E-state index in [1.807, 2.05) is 0 Å². The number of carbonyl (C=O) groups is 1. The van der Waals surface area contributed by atoms with Crippen LogP contribution in [-0.4, -0.2) is 37.1 Å². The number of fused-ring (bicyclic) bond motifs is 1. The zero-order chi connectivity index (χ0) is 15.9. The number of aromatic hydroxyl groups is 1. The van der Waals surface area contributed by atoms with Gasteiger partial charge >= 0.3 is 5.97 Å². The second kappa shape index (κ2) is 5.11. The Bertz CT molecular complexity index is 757. The Labute approximate surface area is 123 Å². The summed E-state index contributed by atoms with van der Waals surface area (Å²) in [5, 5.41) is 33.0. The fourth-order valence-electron chi connectivity index (χ4n) is 2.57. The van der Waals surface area contributed by atoms with E-state index in [1.165, 1.54) is 24.5 Å². The summed E-state index contributed by atoms with van der Waals surface area (Å²) in [5.41, 5.74) is 1.17. The number of rotatable bonds is 3. The third-order valence-electron chi connectivity index (χ3n) is 3.63. The summed E-state index contributed by atoms with van der Waals surface area (Å²) < 4.78 is 0. The number of non-ortho nitro benzene ring substituents is 1. The molecule has 2 aromatic rings. The molecule has 0 aliphatic carbocycles. The van der Waals surface area contributed by atoms with E-state index in [0.29, 0.717) is 11.4 Å². The third kappa shape index (κ3) is 2.27. The predicted molar refractivity (Wildman–Crippen MR) is 73.5 cm³/mol. The lowest BCUT2D eigenvalue weighted by molar-refractivity contribution is -0.385. The van der Waals surface area contributed by atoms with Crippen molar-refractivity contribution in [3.05, 3.63) is 51.6 Å². The van der Waals surface area contributed by atoms with Crippen molar-refractivity contribution in [1.29, 1.82) is 0 Å². The van der Waals surface area contributed by atoms with Gasteiger partial charge in [0.1, 0.15) is 11.8 Å². The van der Waals surface area contributed by atoms with Crippen LogP contribution in [0.3, 0.4) is 0 Å². The zero-order valence-corrected chi connectivity index (χ0v) is 11.2. The highest BCUT2D eigenvalue weighted by Gasteiger charge is 2.34. The summed E-state index contributed by atoms with van der Waals surface area (Å²) in [5.74, 6) is -1.21. The van der Waals surface area contributed by atoms with E-state index in [0.717, 1.165) is 0 Å². The molecule has 1 aromatic heterocycles. The van der Waals surface area contributed by atoms with Gasteiger partial charge in [0.2, 0.25) is 0 Å². The normalized spacial score (nSPS) is 20.4. The minimum atomic E-state index is -1.05. The fourth-order valence-corrected chi connectivity index (χ4v) is 2.57. The lowest BCUT2D eigenvalue weighted by atomic mass is 9.93. The number of hydrogen-bond acceptors (Lipinski definition) is 6. The number of nitrogens with one attached hydrogen (secondary N) is 2. The van der Waals surface area contributed by atoms with Crippen molar-refractivity contribution in [1.82, 2.24) is 15.3 Å².